The Morgan fingerprint density at radius 1 is 1.45 bits per heavy atom. The van der Waals surface area contributed by atoms with E-state index < -0.39 is 0 Å². The fourth-order valence-electron chi connectivity index (χ4n) is 2.57. The molecule has 0 radical (unpaired) electrons. The number of hydrogen-bond donors (Lipinski definition) is 1. The van der Waals surface area contributed by atoms with E-state index in [1.165, 1.54) is 0 Å². The van der Waals surface area contributed by atoms with Gasteiger partial charge < -0.3 is 9.42 Å². The molecule has 0 bridgehead atoms. The Bertz CT molecular complexity index is 618. The monoisotopic (exact) mass is 275 g/mol. The van der Waals surface area contributed by atoms with Crippen LogP contribution < -0.4 is 0 Å². The minimum Gasteiger partial charge on any atom is -0.361 e. The van der Waals surface area contributed by atoms with Gasteiger partial charge in [0.05, 0.1) is 6.04 Å². The smallest absolute Gasteiger partial charge is 0.276 e. The molecule has 1 N–H and O–H groups in total. The van der Waals surface area contributed by atoms with E-state index in [1.54, 1.807) is 17.9 Å². The summed E-state index contributed by atoms with van der Waals surface area (Å²) in [5.74, 6) is 1.95. The van der Waals surface area contributed by atoms with Crippen LogP contribution in [0.2, 0.25) is 0 Å². The quantitative estimate of drug-likeness (QED) is 0.902. The SMILES string of the molecule is Cc1nc(C2CCCCN2C(=O)c2cc(C)on2)n[nH]1. The molecule has 0 aromatic carbocycles. The van der Waals surface area contributed by atoms with Crippen molar-refractivity contribution in [2.24, 2.45) is 0 Å². The summed E-state index contributed by atoms with van der Waals surface area (Å²) in [6.07, 6.45) is 2.93. The van der Waals surface area contributed by atoms with Crippen molar-refractivity contribution < 1.29 is 9.32 Å². The number of amides is 1. The highest BCUT2D eigenvalue weighted by atomic mass is 16.5. The molecule has 3 rings (SSSR count). The van der Waals surface area contributed by atoms with E-state index in [2.05, 4.69) is 20.3 Å². The highest BCUT2D eigenvalue weighted by molar-refractivity contribution is 5.92. The molecule has 0 aliphatic carbocycles. The van der Waals surface area contributed by atoms with E-state index in [-0.39, 0.29) is 11.9 Å². The molecular weight excluding hydrogens is 258 g/mol. The van der Waals surface area contributed by atoms with Crippen molar-refractivity contribution >= 4 is 5.91 Å². The van der Waals surface area contributed by atoms with Gasteiger partial charge in [-0.1, -0.05) is 5.16 Å². The van der Waals surface area contributed by atoms with E-state index in [0.29, 0.717) is 23.8 Å². The van der Waals surface area contributed by atoms with Crippen LogP contribution in [0.4, 0.5) is 0 Å². The average molecular weight is 275 g/mol. The Labute approximate surface area is 116 Å². The predicted octanol–water partition coefficient (Wildman–Crippen LogP) is 1.78. The lowest BCUT2D eigenvalue weighted by Gasteiger charge is -2.33. The van der Waals surface area contributed by atoms with E-state index >= 15 is 0 Å². The average Bonchev–Trinajstić information content (AvgIpc) is 3.07. The summed E-state index contributed by atoms with van der Waals surface area (Å²) < 4.78 is 4.99. The topological polar surface area (TPSA) is 87.9 Å². The second-order valence-electron chi connectivity index (χ2n) is 5.11. The first kappa shape index (κ1) is 12.8. The molecular formula is C13H17N5O2. The number of nitrogens with one attached hydrogen (secondary N) is 1. The van der Waals surface area contributed by atoms with Crippen LogP contribution in [0.15, 0.2) is 10.6 Å². The van der Waals surface area contributed by atoms with Crippen LogP contribution in [-0.2, 0) is 0 Å². The zero-order chi connectivity index (χ0) is 14.1. The van der Waals surface area contributed by atoms with Crippen LogP contribution >= 0.6 is 0 Å². The summed E-state index contributed by atoms with van der Waals surface area (Å²) in [7, 11) is 0. The molecule has 1 atom stereocenters. The minimum atomic E-state index is -0.117. The molecule has 7 nitrogen and oxygen atoms in total. The van der Waals surface area contributed by atoms with Crippen molar-refractivity contribution in [2.45, 2.75) is 39.2 Å². The van der Waals surface area contributed by atoms with Gasteiger partial charge in [0.1, 0.15) is 11.6 Å². The highest BCUT2D eigenvalue weighted by Gasteiger charge is 2.32. The maximum atomic E-state index is 12.5. The van der Waals surface area contributed by atoms with Gasteiger partial charge in [0.15, 0.2) is 11.5 Å². The van der Waals surface area contributed by atoms with Crippen LogP contribution in [0.3, 0.4) is 0 Å². The number of aryl methyl sites for hydroxylation is 2. The summed E-state index contributed by atoms with van der Waals surface area (Å²) in [5, 5.41) is 10.8. The Kier molecular flexibility index (Phi) is 3.25. The van der Waals surface area contributed by atoms with Gasteiger partial charge in [-0.25, -0.2) is 4.98 Å². The van der Waals surface area contributed by atoms with Gasteiger partial charge in [-0.05, 0) is 33.1 Å². The molecule has 0 saturated carbocycles. The molecule has 0 spiro atoms. The minimum absolute atomic E-state index is 0.0850. The molecule has 7 heteroatoms. The largest absolute Gasteiger partial charge is 0.361 e. The van der Waals surface area contributed by atoms with Gasteiger partial charge in [0.2, 0.25) is 0 Å². The zero-order valence-electron chi connectivity index (χ0n) is 11.6. The number of aromatic nitrogens is 4. The fourth-order valence-corrected chi connectivity index (χ4v) is 2.57. The van der Waals surface area contributed by atoms with Crippen molar-refractivity contribution in [1.82, 2.24) is 25.2 Å². The number of H-pyrrole nitrogens is 1. The molecule has 1 amide bonds. The third-order valence-corrected chi connectivity index (χ3v) is 3.52. The first-order chi connectivity index (χ1) is 9.65. The second-order valence-corrected chi connectivity index (χ2v) is 5.11. The standard InChI is InChI=1S/C13H17N5O2/c1-8-7-10(17-20-8)13(19)18-6-4-3-5-11(18)12-14-9(2)15-16-12/h7,11H,3-6H2,1-2H3,(H,14,15,16). The summed E-state index contributed by atoms with van der Waals surface area (Å²) in [6.45, 7) is 4.32. The molecule has 3 heterocycles. The molecule has 2 aromatic heterocycles. The molecule has 1 aliphatic heterocycles. The number of rotatable bonds is 2. The normalized spacial score (nSPS) is 19.3. The zero-order valence-corrected chi connectivity index (χ0v) is 11.6. The Morgan fingerprint density at radius 3 is 2.95 bits per heavy atom. The maximum absolute atomic E-state index is 12.5. The van der Waals surface area contributed by atoms with E-state index in [0.717, 1.165) is 25.1 Å². The summed E-state index contributed by atoms with van der Waals surface area (Å²) in [5.41, 5.74) is 0.349. The van der Waals surface area contributed by atoms with Gasteiger partial charge in [0.25, 0.3) is 5.91 Å². The van der Waals surface area contributed by atoms with Crippen molar-refractivity contribution in [1.29, 1.82) is 0 Å². The summed E-state index contributed by atoms with van der Waals surface area (Å²) in [6, 6.07) is 1.58. The number of carbonyl (C=O) groups is 1. The third-order valence-electron chi connectivity index (χ3n) is 3.52. The number of likely N-dealkylation sites (tertiary alicyclic amines) is 1. The van der Waals surface area contributed by atoms with Crippen LogP contribution in [0, 0.1) is 13.8 Å². The van der Waals surface area contributed by atoms with Crippen LogP contribution in [-0.4, -0.2) is 37.7 Å². The molecule has 2 aromatic rings. The number of hydrogen-bond acceptors (Lipinski definition) is 5. The lowest BCUT2D eigenvalue weighted by molar-refractivity contribution is 0.0589. The number of nitrogens with zero attached hydrogens (tertiary/aromatic N) is 4. The van der Waals surface area contributed by atoms with E-state index in [9.17, 15) is 4.79 Å². The van der Waals surface area contributed by atoms with E-state index in [1.807, 2.05) is 6.92 Å². The van der Waals surface area contributed by atoms with E-state index in [4.69, 9.17) is 4.52 Å². The van der Waals surface area contributed by atoms with Gasteiger partial charge in [-0.2, -0.15) is 5.10 Å². The molecule has 1 aliphatic rings. The molecule has 1 saturated heterocycles. The Hall–Kier alpha value is -2.18. The van der Waals surface area contributed by atoms with Crippen LogP contribution in [0.5, 0.6) is 0 Å². The predicted molar refractivity (Wildman–Crippen MR) is 70.0 cm³/mol. The first-order valence-corrected chi connectivity index (χ1v) is 6.78. The lowest BCUT2D eigenvalue weighted by atomic mass is 10.0. The Balaban J connectivity index is 1.87. The number of aromatic amines is 1. The fraction of sp³-hybridized carbons (Fsp3) is 0.538. The highest BCUT2D eigenvalue weighted by Crippen LogP contribution is 2.30. The third kappa shape index (κ3) is 2.31. The summed E-state index contributed by atoms with van der Waals surface area (Å²) in [4.78, 5) is 18.7. The van der Waals surface area contributed by atoms with Crippen molar-refractivity contribution in [3.05, 3.63) is 29.2 Å². The van der Waals surface area contributed by atoms with Gasteiger partial charge in [-0.15, -0.1) is 0 Å². The maximum Gasteiger partial charge on any atom is 0.276 e. The number of piperidine rings is 1. The van der Waals surface area contributed by atoms with Crippen LogP contribution in [0.25, 0.3) is 0 Å². The van der Waals surface area contributed by atoms with Gasteiger partial charge >= 0.3 is 0 Å². The van der Waals surface area contributed by atoms with Crippen molar-refractivity contribution in [2.75, 3.05) is 6.54 Å². The van der Waals surface area contributed by atoms with Crippen molar-refractivity contribution in [3.63, 3.8) is 0 Å². The number of carbonyl (C=O) groups excluding carboxylic acids is 1. The molecule has 1 unspecified atom stereocenters. The molecule has 106 valence electrons. The lowest BCUT2D eigenvalue weighted by Crippen LogP contribution is -2.39. The van der Waals surface area contributed by atoms with Crippen LogP contribution in [0.1, 0.15) is 53.2 Å². The summed E-state index contributed by atoms with van der Waals surface area (Å²) >= 11 is 0. The van der Waals surface area contributed by atoms with Gasteiger partial charge in [-0.3, -0.25) is 9.89 Å². The Morgan fingerprint density at radius 2 is 2.30 bits per heavy atom. The van der Waals surface area contributed by atoms with Crippen molar-refractivity contribution in [3.8, 4) is 0 Å². The molecule has 20 heavy (non-hydrogen) atoms. The molecule has 1 fully saturated rings. The first-order valence-electron chi connectivity index (χ1n) is 6.78. The van der Waals surface area contributed by atoms with Gasteiger partial charge in [0, 0.05) is 12.6 Å². The second kappa shape index (κ2) is 5.07.